The van der Waals surface area contributed by atoms with E-state index < -0.39 is 5.97 Å². The minimum atomic E-state index is -0.491. The van der Waals surface area contributed by atoms with E-state index in [0.717, 1.165) is 16.9 Å². The normalized spacial score (nSPS) is 16.0. The first-order valence-corrected chi connectivity index (χ1v) is 6.38. The molecule has 0 N–H and O–H groups in total. The van der Waals surface area contributed by atoms with Gasteiger partial charge in [-0.1, -0.05) is 6.07 Å². The molecule has 0 saturated carbocycles. The predicted octanol–water partition coefficient (Wildman–Crippen LogP) is 2.94. The molecule has 1 aromatic heterocycles. The SMILES string of the molecule is COc1ccc(/C=C2/N=C(c3ccco3)OC2=O)cc1C. The monoisotopic (exact) mass is 283 g/mol. The molecule has 5 nitrogen and oxygen atoms in total. The first-order chi connectivity index (χ1) is 10.2. The summed E-state index contributed by atoms with van der Waals surface area (Å²) in [6.07, 6.45) is 3.17. The molecule has 3 rings (SSSR count). The maximum Gasteiger partial charge on any atom is 0.363 e. The molecule has 0 radical (unpaired) electrons. The molecule has 0 amide bonds. The molecule has 1 aliphatic heterocycles. The Morgan fingerprint density at radius 1 is 1.29 bits per heavy atom. The van der Waals surface area contributed by atoms with E-state index in [0.29, 0.717) is 5.76 Å². The maximum atomic E-state index is 11.8. The van der Waals surface area contributed by atoms with E-state index in [-0.39, 0.29) is 11.6 Å². The Bertz CT molecular complexity index is 742. The van der Waals surface area contributed by atoms with E-state index in [2.05, 4.69) is 4.99 Å². The van der Waals surface area contributed by atoms with E-state index >= 15 is 0 Å². The molecule has 1 aliphatic rings. The third-order valence-electron chi connectivity index (χ3n) is 3.07. The lowest BCUT2D eigenvalue weighted by Crippen LogP contribution is -2.04. The molecule has 2 aromatic rings. The first-order valence-electron chi connectivity index (χ1n) is 6.38. The average molecular weight is 283 g/mol. The zero-order valence-electron chi connectivity index (χ0n) is 11.6. The van der Waals surface area contributed by atoms with Crippen molar-refractivity contribution in [3.05, 3.63) is 59.2 Å². The molecule has 0 fully saturated rings. The van der Waals surface area contributed by atoms with Gasteiger partial charge in [0.25, 0.3) is 5.90 Å². The third kappa shape index (κ3) is 2.58. The van der Waals surface area contributed by atoms with Crippen molar-refractivity contribution in [1.82, 2.24) is 0 Å². The van der Waals surface area contributed by atoms with Gasteiger partial charge in [0, 0.05) is 0 Å². The van der Waals surface area contributed by atoms with Crippen molar-refractivity contribution >= 4 is 17.9 Å². The fourth-order valence-corrected chi connectivity index (χ4v) is 2.06. The second kappa shape index (κ2) is 5.28. The molecule has 0 aliphatic carbocycles. The zero-order valence-corrected chi connectivity index (χ0v) is 11.6. The van der Waals surface area contributed by atoms with Crippen LogP contribution in [0, 0.1) is 6.92 Å². The largest absolute Gasteiger partial charge is 0.496 e. The minimum Gasteiger partial charge on any atom is -0.496 e. The van der Waals surface area contributed by atoms with Crippen LogP contribution in [0.15, 0.2) is 51.7 Å². The lowest BCUT2D eigenvalue weighted by atomic mass is 10.1. The summed E-state index contributed by atoms with van der Waals surface area (Å²) < 4.78 is 15.5. The van der Waals surface area contributed by atoms with Crippen LogP contribution in [-0.2, 0) is 9.53 Å². The number of hydrogen-bond donors (Lipinski definition) is 0. The number of hydrogen-bond acceptors (Lipinski definition) is 5. The van der Waals surface area contributed by atoms with Crippen molar-refractivity contribution in [2.75, 3.05) is 7.11 Å². The van der Waals surface area contributed by atoms with Crippen LogP contribution in [-0.4, -0.2) is 19.0 Å². The van der Waals surface area contributed by atoms with Crippen molar-refractivity contribution < 1.29 is 18.7 Å². The summed E-state index contributed by atoms with van der Waals surface area (Å²) in [5.41, 5.74) is 2.07. The van der Waals surface area contributed by atoms with Crippen LogP contribution < -0.4 is 4.74 Å². The number of ether oxygens (including phenoxy) is 2. The van der Waals surface area contributed by atoms with Crippen LogP contribution in [0.5, 0.6) is 5.75 Å². The highest BCUT2D eigenvalue weighted by atomic mass is 16.6. The van der Waals surface area contributed by atoms with Crippen molar-refractivity contribution in [2.45, 2.75) is 6.92 Å². The lowest BCUT2D eigenvalue weighted by molar-refractivity contribution is -0.130. The fraction of sp³-hybridized carbons (Fsp3) is 0.125. The highest BCUT2D eigenvalue weighted by Gasteiger charge is 2.25. The fourth-order valence-electron chi connectivity index (χ4n) is 2.06. The van der Waals surface area contributed by atoms with Gasteiger partial charge in [-0.25, -0.2) is 9.79 Å². The summed E-state index contributed by atoms with van der Waals surface area (Å²) >= 11 is 0. The standard InChI is InChI=1S/C16H13NO4/c1-10-8-11(5-6-13(10)19-2)9-12-16(18)21-15(17-12)14-4-3-7-20-14/h3-9H,1-2H3/b12-9+. The summed E-state index contributed by atoms with van der Waals surface area (Å²) in [7, 11) is 1.62. The van der Waals surface area contributed by atoms with Crippen LogP contribution >= 0.6 is 0 Å². The van der Waals surface area contributed by atoms with Crippen LogP contribution in [0.3, 0.4) is 0 Å². The minimum absolute atomic E-state index is 0.182. The summed E-state index contributed by atoms with van der Waals surface area (Å²) in [5.74, 6) is 0.917. The van der Waals surface area contributed by atoms with E-state index in [4.69, 9.17) is 13.9 Å². The number of aliphatic imine (C=N–C) groups is 1. The molecule has 1 aromatic carbocycles. The van der Waals surface area contributed by atoms with E-state index in [1.54, 1.807) is 25.3 Å². The number of carbonyl (C=O) groups is 1. The van der Waals surface area contributed by atoms with Gasteiger partial charge >= 0.3 is 5.97 Å². The number of carbonyl (C=O) groups excluding carboxylic acids is 1. The van der Waals surface area contributed by atoms with Gasteiger partial charge < -0.3 is 13.9 Å². The Hall–Kier alpha value is -2.82. The Kier molecular flexibility index (Phi) is 3.31. The number of benzene rings is 1. The van der Waals surface area contributed by atoms with Crippen molar-refractivity contribution in [2.24, 2.45) is 4.99 Å². The van der Waals surface area contributed by atoms with Crippen LogP contribution in [0.1, 0.15) is 16.9 Å². The van der Waals surface area contributed by atoms with E-state index in [9.17, 15) is 4.79 Å². The van der Waals surface area contributed by atoms with E-state index in [1.165, 1.54) is 6.26 Å². The highest BCUT2D eigenvalue weighted by molar-refractivity contribution is 6.11. The van der Waals surface area contributed by atoms with Crippen LogP contribution in [0.4, 0.5) is 0 Å². The van der Waals surface area contributed by atoms with Crippen LogP contribution in [0.25, 0.3) is 6.08 Å². The van der Waals surface area contributed by atoms with Gasteiger partial charge in [-0.15, -0.1) is 0 Å². The molecule has 21 heavy (non-hydrogen) atoms. The first kappa shape index (κ1) is 13.2. The van der Waals surface area contributed by atoms with Gasteiger partial charge in [0.15, 0.2) is 11.5 Å². The maximum absolute atomic E-state index is 11.8. The second-order valence-electron chi connectivity index (χ2n) is 4.54. The van der Waals surface area contributed by atoms with Gasteiger partial charge in [0.1, 0.15) is 5.75 Å². The molecule has 106 valence electrons. The Balaban J connectivity index is 1.92. The molecular formula is C16H13NO4. The van der Waals surface area contributed by atoms with Gasteiger partial charge in [0.2, 0.25) is 0 Å². The van der Waals surface area contributed by atoms with Crippen molar-refractivity contribution in [3.63, 3.8) is 0 Å². The van der Waals surface area contributed by atoms with Crippen molar-refractivity contribution in [3.8, 4) is 5.75 Å². The summed E-state index contributed by atoms with van der Waals surface area (Å²) in [5, 5.41) is 0. The molecule has 0 unspecified atom stereocenters. The molecule has 0 atom stereocenters. The summed E-state index contributed by atoms with van der Waals surface area (Å²) in [6.45, 7) is 1.94. The highest BCUT2D eigenvalue weighted by Crippen LogP contribution is 2.23. The number of cyclic esters (lactones) is 1. The second-order valence-corrected chi connectivity index (χ2v) is 4.54. The van der Waals surface area contributed by atoms with Gasteiger partial charge in [-0.3, -0.25) is 0 Å². The molecule has 0 bridgehead atoms. The van der Waals surface area contributed by atoms with Gasteiger partial charge in [0.05, 0.1) is 13.4 Å². The number of nitrogens with zero attached hydrogens (tertiary/aromatic N) is 1. The number of furan rings is 1. The zero-order chi connectivity index (χ0) is 14.8. The Morgan fingerprint density at radius 3 is 2.81 bits per heavy atom. The lowest BCUT2D eigenvalue weighted by Gasteiger charge is -2.04. The Labute approximate surface area is 121 Å². The van der Waals surface area contributed by atoms with Gasteiger partial charge in [-0.2, -0.15) is 0 Å². The van der Waals surface area contributed by atoms with Gasteiger partial charge in [-0.05, 0) is 48.4 Å². The number of methoxy groups -OCH3 is 1. The topological polar surface area (TPSA) is 61.0 Å². The molecule has 5 heteroatoms. The number of rotatable bonds is 3. The van der Waals surface area contributed by atoms with Crippen molar-refractivity contribution in [1.29, 1.82) is 0 Å². The number of esters is 1. The number of aryl methyl sites for hydroxylation is 1. The summed E-state index contributed by atoms with van der Waals surface area (Å²) in [4.78, 5) is 16.0. The Morgan fingerprint density at radius 2 is 2.14 bits per heavy atom. The molecule has 2 heterocycles. The summed E-state index contributed by atoms with van der Waals surface area (Å²) in [6, 6.07) is 9.01. The average Bonchev–Trinajstić information content (AvgIpc) is 3.10. The quantitative estimate of drug-likeness (QED) is 0.642. The molecule has 0 spiro atoms. The molecular weight excluding hydrogens is 270 g/mol. The smallest absolute Gasteiger partial charge is 0.363 e. The van der Waals surface area contributed by atoms with Crippen LogP contribution in [0.2, 0.25) is 0 Å². The predicted molar refractivity (Wildman–Crippen MR) is 77.0 cm³/mol. The molecule has 0 saturated heterocycles. The van der Waals surface area contributed by atoms with E-state index in [1.807, 2.05) is 25.1 Å². The third-order valence-corrected chi connectivity index (χ3v) is 3.07.